The highest BCUT2D eigenvalue weighted by Gasteiger charge is 2.19. The van der Waals surface area contributed by atoms with Crippen LogP contribution in [0.2, 0.25) is 10.0 Å². The molecule has 8 heteroatoms. The second kappa shape index (κ2) is 8.94. The molecule has 2 aromatic heterocycles. The Labute approximate surface area is 193 Å². The zero-order valence-corrected chi connectivity index (χ0v) is 18.4. The molecule has 4 rings (SSSR count). The van der Waals surface area contributed by atoms with E-state index in [4.69, 9.17) is 23.2 Å². The first-order valence-corrected chi connectivity index (χ1v) is 10.4. The van der Waals surface area contributed by atoms with E-state index in [1.54, 1.807) is 61.5 Å². The quantitative estimate of drug-likeness (QED) is 0.425. The number of benzene rings is 2. The first kappa shape index (κ1) is 21.7. The van der Waals surface area contributed by atoms with Gasteiger partial charge in [-0.15, -0.1) is 0 Å². The van der Waals surface area contributed by atoms with Gasteiger partial charge in [-0.25, -0.2) is 4.98 Å². The highest BCUT2D eigenvalue weighted by atomic mass is 35.5. The van der Waals surface area contributed by atoms with E-state index in [0.29, 0.717) is 32.6 Å². The van der Waals surface area contributed by atoms with Gasteiger partial charge in [0.25, 0.3) is 0 Å². The van der Waals surface area contributed by atoms with Crippen molar-refractivity contribution in [1.29, 1.82) is 0 Å². The molecule has 160 valence electrons. The monoisotopic (exact) mass is 465 g/mol. The normalized spacial score (nSPS) is 10.8. The van der Waals surface area contributed by atoms with E-state index in [9.17, 15) is 14.4 Å². The molecule has 1 N–H and O–H groups in total. The molecule has 0 saturated carbocycles. The molecule has 0 bridgehead atoms. The molecule has 0 saturated heterocycles. The maximum atomic E-state index is 13.1. The van der Waals surface area contributed by atoms with Gasteiger partial charge in [0, 0.05) is 22.5 Å². The van der Waals surface area contributed by atoms with Crippen molar-refractivity contribution in [1.82, 2.24) is 9.55 Å². The minimum Gasteiger partial charge on any atom is -0.323 e. The minimum absolute atomic E-state index is 0.0355. The Bertz CT molecular complexity index is 1420. The van der Waals surface area contributed by atoms with Crippen molar-refractivity contribution in [2.24, 2.45) is 0 Å². The number of ketones is 1. The van der Waals surface area contributed by atoms with E-state index in [2.05, 4.69) is 10.3 Å². The molecule has 1 amide bonds. The Morgan fingerprint density at radius 1 is 1.03 bits per heavy atom. The zero-order chi connectivity index (χ0) is 22.8. The number of nitrogens with zero attached hydrogens (tertiary/aromatic N) is 2. The molecule has 0 unspecified atom stereocenters. The van der Waals surface area contributed by atoms with E-state index in [-0.39, 0.29) is 17.5 Å². The van der Waals surface area contributed by atoms with Crippen molar-refractivity contribution in [3.8, 4) is 0 Å². The van der Waals surface area contributed by atoms with Crippen LogP contribution in [0.5, 0.6) is 0 Å². The third-order valence-electron chi connectivity index (χ3n) is 4.86. The fourth-order valence-electron chi connectivity index (χ4n) is 3.32. The minimum atomic E-state index is -0.432. The standard InChI is InChI=1S/C24H17Cl2N3O3/c1-14-7-9-17-23(32)18(22(31)15-5-3-2-4-6-15)12-29(24(17)27-14)13-21(30)28-20-10-8-16(25)11-19(20)26/h2-12H,13H2,1H3,(H,28,30). The Kier molecular flexibility index (Phi) is 6.08. The van der Waals surface area contributed by atoms with Gasteiger partial charge in [-0.05, 0) is 37.3 Å². The van der Waals surface area contributed by atoms with Crippen molar-refractivity contribution in [3.05, 3.63) is 104 Å². The molecular formula is C24H17Cl2N3O3. The van der Waals surface area contributed by atoms with Crippen molar-refractivity contribution in [2.45, 2.75) is 13.5 Å². The number of pyridine rings is 2. The molecule has 0 spiro atoms. The summed E-state index contributed by atoms with van der Waals surface area (Å²) in [7, 11) is 0. The highest BCUT2D eigenvalue weighted by molar-refractivity contribution is 6.36. The topological polar surface area (TPSA) is 81.1 Å². The molecular weight excluding hydrogens is 449 g/mol. The van der Waals surface area contributed by atoms with Gasteiger partial charge in [0.15, 0.2) is 5.78 Å². The highest BCUT2D eigenvalue weighted by Crippen LogP contribution is 2.25. The van der Waals surface area contributed by atoms with Crippen LogP contribution in [0.3, 0.4) is 0 Å². The maximum Gasteiger partial charge on any atom is 0.244 e. The van der Waals surface area contributed by atoms with E-state index in [0.717, 1.165) is 0 Å². The number of carbonyl (C=O) groups excluding carboxylic acids is 2. The summed E-state index contributed by atoms with van der Waals surface area (Å²) < 4.78 is 1.50. The number of fused-ring (bicyclic) bond motifs is 1. The lowest BCUT2D eigenvalue weighted by atomic mass is 10.0. The van der Waals surface area contributed by atoms with Gasteiger partial charge in [0.1, 0.15) is 12.2 Å². The van der Waals surface area contributed by atoms with Crippen LogP contribution < -0.4 is 10.7 Å². The number of hydrogen-bond donors (Lipinski definition) is 1. The van der Waals surface area contributed by atoms with Crippen molar-refractivity contribution in [2.75, 3.05) is 5.32 Å². The molecule has 0 radical (unpaired) electrons. The molecule has 0 fully saturated rings. The molecule has 2 heterocycles. The Hall–Kier alpha value is -3.48. The fourth-order valence-corrected chi connectivity index (χ4v) is 3.78. The van der Waals surface area contributed by atoms with Crippen LogP contribution in [0, 0.1) is 6.92 Å². The van der Waals surface area contributed by atoms with Crippen molar-refractivity contribution >= 4 is 51.6 Å². The van der Waals surface area contributed by atoms with E-state index in [1.165, 1.54) is 16.8 Å². The smallest absolute Gasteiger partial charge is 0.244 e. The first-order valence-electron chi connectivity index (χ1n) is 9.69. The third kappa shape index (κ3) is 4.42. The van der Waals surface area contributed by atoms with Crippen molar-refractivity contribution < 1.29 is 9.59 Å². The number of amides is 1. The summed E-state index contributed by atoms with van der Waals surface area (Å²) in [5.41, 5.74) is 1.31. The number of aromatic nitrogens is 2. The average molecular weight is 466 g/mol. The maximum absolute atomic E-state index is 13.1. The fraction of sp³-hybridized carbons (Fsp3) is 0.0833. The number of aryl methyl sites for hydroxylation is 1. The molecule has 0 aliphatic carbocycles. The van der Waals surface area contributed by atoms with Crippen LogP contribution in [0.4, 0.5) is 5.69 Å². The van der Waals surface area contributed by atoms with Crippen LogP contribution in [-0.4, -0.2) is 21.2 Å². The lowest BCUT2D eigenvalue weighted by molar-refractivity contribution is -0.116. The number of carbonyl (C=O) groups is 2. The van der Waals surface area contributed by atoms with E-state index in [1.807, 2.05) is 0 Å². The van der Waals surface area contributed by atoms with Gasteiger partial charge < -0.3 is 9.88 Å². The Morgan fingerprint density at radius 3 is 2.50 bits per heavy atom. The number of anilines is 1. The second-order valence-electron chi connectivity index (χ2n) is 7.19. The molecule has 0 aliphatic rings. The molecule has 4 aromatic rings. The zero-order valence-electron chi connectivity index (χ0n) is 16.9. The average Bonchev–Trinajstić information content (AvgIpc) is 2.77. The van der Waals surface area contributed by atoms with Gasteiger partial charge in [0.05, 0.1) is 21.7 Å². The van der Waals surface area contributed by atoms with Crippen LogP contribution in [0.15, 0.2) is 71.7 Å². The van der Waals surface area contributed by atoms with Crippen LogP contribution in [0.1, 0.15) is 21.6 Å². The number of halogens is 2. The lowest BCUT2D eigenvalue weighted by Gasteiger charge is -2.14. The third-order valence-corrected chi connectivity index (χ3v) is 5.41. The van der Waals surface area contributed by atoms with E-state index >= 15 is 0 Å². The van der Waals surface area contributed by atoms with Crippen molar-refractivity contribution in [3.63, 3.8) is 0 Å². The van der Waals surface area contributed by atoms with Crippen LogP contribution >= 0.6 is 23.2 Å². The largest absolute Gasteiger partial charge is 0.323 e. The summed E-state index contributed by atoms with van der Waals surface area (Å²) in [5, 5.41) is 3.72. The van der Waals surface area contributed by atoms with Gasteiger partial charge >= 0.3 is 0 Å². The first-order chi connectivity index (χ1) is 15.3. The number of rotatable bonds is 5. The molecule has 6 nitrogen and oxygen atoms in total. The summed E-state index contributed by atoms with van der Waals surface area (Å²) in [6.07, 6.45) is 1.38. The summed E-state index contributed by atoms with van der Waals surface area (Å²) in [4.78, 5) is 43.3. The Balaban J connectivity index is 1.76. The van der Waals surface area contributed by atoms with E-state index < -0.39 is 17.1 Å². The molecule has 2 aromatic carbocycles. The predicted molar refractivity (Wildman–Crippen MR) is 126 cm³/mol. The SMILES string of the molecule is Cc1ccc2c(=O)c(C(=O)c3ccccc3)cn(CC(=O)Nc3ccc(Cl)cc3Cl)c2n1. The van der Waals surface area contributed by atoms with Gasteiger partial charge in [-0.3, -0.25) is 14.4 Å². The summed E-state index contributed by atoms with van der Waals surface area (Å²) in [6, 6.07) is 16.5. The summed E-state index contributed by atoms with van der Waals surface area (Å²) in [6.45, 7) is 1.60. The Morgan fingerprint density at radius 2 is 1.78 bits per heavy atom. The van der Waals surface area contributed by atoms with Gasteiger partial charge in [-0.1, -0.05) is 53.5 Å². The molecule has 0 atom stereocenters. The molecule has 32 heavy (non-hydrogen) atoms. The second-order valence-corrected chi connectivity index (χ2v) is 8.03. The summed E-state index contributed by atoms with van der Waals surface area (Å²) in [5.74, 6) is -0.825. The van der Waals surface area contributed by atoms with Crippen LogP contribution in [0.25, 0.3) is 11.0 Å². The van der Waals surface area contributed by atoms with Gasteiger partial charge in [0.2, 0.25) is 11.3 Å². The summed E-state index contributed by atoms with van der Waals surface area (Å²) >= 11 is 12.0. The molecule has 0 aliphatic heterocycles. The van der Waals surface area contributed by atoms with Crippen LogP contribution in [-0.2, 0) is 11.3 Å². The number of nitrogens with one attached hydrogen (secondary N) is 1. The van der Waals surface area contributed by atoms with Gasteiger partial charge in [-0.2, -0.15) is 0 Å². The predicted octanol–water partition coefficient (Wildman–Crippen LogP) is 4.88. The number of hydrogen-bond acceptors (Lipinski definition) is 4. The lowest BCUT2D eigenvalue weighted by Crippen LogP contribution is -2.25.